The zero-order valence-electron chi connectivity index (χ0n) is 14.7. The summed E-state index contributed by atoms with van der Waals surface area (Å²) in [6.07, 6.45) is 3.56. The van der Waals surface area contributed by atoms with Crippen molar-refractivity contribution in [3.8, 4) is 11.3 Å². The number of carbonyl (C=O) groups excluding carboxylic acids is 1. The smallest absolute Gasteiger partial charge is 0.274 e. The highest BCUT2D eigenvalue weighted by atomic mass is 16.5. The third-order valence-electron chi connectivity index (χ3n) is 4.33. The fourth-order valence-corrected chi connectivity index (χ4v) is 2.92. The molecule has 1 amide bonds. The van der Waals surface area contributed by atoms with Gasteiger partial charge in [0.05, 0.1) is 0 Å². The summed E-state index contributed by atoms with van der Waals surface area (Å²) in [5, 5.41) is 6.94. The van der Waals surface area contributed by atoms with Gasteiger partial charge in [-0.1, -0.05) is 65.8 Å². The Morgan fingerprint density at radius 2 is 1.78 bits per heavy atom. The van der Waals surface area contributed by atoms with E-state index in [4.69, 9.17) is 4.52 Å². The van der Waals surface area contributed by atoms with Gasteiger partial charge in [-0.15, -0.1) is 0 Å². The van der Waals surface area contributed by atoms with Gasteiger partial charge < -0.3 is 14.4 Å². The Hall–Kier alpha value is -3.67. The molecule has 6 heteroatoms. The molecule has 0 aliphatic heterocycles. The van der Waals surface area contributed by atoms with Gasteiger partial charge in [-0.3, -0.25) is 4.79 Å². The summed E-state index contributed by atoms with van der Waals surface area (Å²) in [6, 6.07) is 20.5. The first-order valence-electron chi connectivity index (χ1n) is 8.57. The Kier molecular flexibility index (Phi) is 4.53. The minimum atomic E-state index is -0.393. The van der Waals surface area contributed by atoms with Gasteiger partial charge in [-0.25, -0.2) is 4.98 Å². The van der Waals surface area contributed by atoms with Crippen LogP contribution in [0.5, 0.6) is 0 Å². The van der Waals surface area contributed by atoms with E-state index in [1.54, 1.807) is 12.3 Å². The lowest BCUT2D eigenvalue weighted by Gasteiger charge is -2.18. The lowest BCUT2D eigenvalue weighted by atomic mass is 10.1. The minimum Gasteiger partial charge on any atom is -0.355 e. The van der Waals surface area contributed by atoms with Crippen LogP contribution < -0.4 is 5.32 Å². The van der Waals surface area contributed by atoms with Crippen LogP contribution in [0.1, 0.15) is 27.9 Å². The van der Waals surface area contributed by atoms with Crippen LogP contribution in [0.25, 0.3) is 11.3 Å². The van der Waals surface area contributed by atoms with E-state index in [9.17, 15) is 4.79 Å². The van der Waals surface area contributed by atoms with Crippen LogP contribution in [0, 0.1) is 0 Å². The zero-order valence-corrected chi connectivity index (χ0v) is 14.7. The summed E-state index contributed by atoms with van der Waals surface area (Å²) in [4.78, 5) is 17.2. The van der Waals surface area contributed by atoms with Crippen LogP contribution in [0.3, 0.4) is 0 Å². The fourth-order valence-electron chi connectivity index (χ4n) is 2.92. The van der Waals surface area contributed by atoms with Crippen molar-refractivity contribution < 1.29 is 9.32 Å². The lowest BCUT2D eigenvalue weighted by Crippen LogP contribution is -2.31. The SMILES string of the molecule is Cn1ccnc1C(NC(=O)c1cc(-c2ccccc2)on1)c1ccccc1. The first-order chi connectivity index (χ1) is 13.2. The van der Waals surface area contributed by atoms with E-state index >= 15 is 0 Å². The summed E-state index contributed by atoms with van der Waals surface area (Å²) in [5.41, 5.74) is 2.03. The molecule has 1 atom stereocenters. The topological polar surface area (TPSA) is 73.0 Å². The van der Waals surface area contributed by atoms with Gasteiger partial charge in [0.1, 0.15) is 11.9 Å². The number of hydrogen-bond donors (Lipinski definition) is 1. The summed E-state index contributed by atoms with van der Waals surface area (Å²) in [7, 11) is 1.90. The monoisotopic (exact) mass is 358 g/mol. The zero-order chi connectivity index (χ0) is 18.6. The average molecular weight is 358 g/mol. The summed E-state index contributed by atoms with van der Waals surface area (Å²) < 4.78 is 7.23. The Labute approximate surface area is 156 Å². The van der Waals surface area contributed by atoms with Gasteiger partial charge in [-0.2, -0.15) is 0 Å². The molecule has 0 radical (unpaired) electrons. The maximum absolute atomic E-state index is 12.8. The van der Waals surface area contributed by atoms with E-state index in [1.807, 2.05) is 78.5 Å². The molecule has 0 saturated carbocycles. The van der Waals surface area contributed by atoms with Crippen LogP contribution in [0.15, 0.2) is 83.6 Å². The number of aromatic nitrogens is 3. The molecule has 0 aliphatic rings. The molecule has 0 bridgehead atoms. The van der Waals surface area contributed by atoms with Crippen LogP contribution in [0.2, 0.25) is 0 Å². The molecular formula is C21H18N4O2. The number of hydrogen-bond acceptors (Lipinski definition) is 4. The molecule has 0 saturated heterocycles. The average Bonchev–Trinajstić information content (AvgIpc) is 3.37. The summed E-state index contributed by atoms with van der Waals surface area (Å²) in [6.45, 7) is 0. The second-order valence-electron chi connectivity index (χ2n) is 6.16. The lowest BCUT2D eigenvalue weighted by molar-refractivity contribution is 0.0932. The molecule has 1 unspecified atom stereocenters. The first-order valence-corrected chi connectivity index (χ1v) is 8.57. The number of nitrogens with one attached hydrogen (secondary N) is 1. The van der Waals surface area contributed by atoms with Gasteiger partial charge in [0.15, 0.2) is 11.5 Å². The van der Waals surface area contributed by atoms with Crippen molar-refractivity contribution in [1.29, 1.82) is 0 Å². The van der Waals surface area contributed by atoms with Crippen molar-refractivity contribution in [2.75, 3.05) is 0 Å². The van der Waals surface area contributed by atoms with E-state index in [1.165, 1.54) is 0 Å². The number of imidazole rings is 1. The maximum Gasteiger partial charge on any atom is 0.274 e. The minimum absolute atomic E-state index is 0.226. The predicted octanol–water partition coefficient (Wildman–Crippen LogP) is 3.59. The highest BCUT2D eigenvalue weighted by Crippen LogP contribution is 2.23. The Balaban J connectivity index is 1.61. The standard InChI is InChI=1S/C21H18N4O2/c1-25-13-12-22-20(25)19(16-10-6-3-7-11-16)23-21(26)17-14-18(27-24-17)15-8-4-2-5-9-15/h2-14,19H,1H3,(H,23,26). The van der Waals surface area contributed by atoms with Crippen molar-refractivity contribution in [1.82, 2.24) is 20.0 Å². The van der Waals surface area contributed by atoms with E-state index < -0.39 is 6.04 Å². The van der Waals surface area contributed by atoms with Gasteiger partial charge in [0, 0.05) is 31.1 Å². The van der Waals surface area contributed by atoms with Crippen LogP contribution in [-0.4, -0.2) is 20.6 Å². The third-order valence-corrected chi connectivity index (χ3v) is 4.33. The molecule has 1 N–H and O–H groups in total. The van der Waals surface area contributed by atoms with E-state index in [0.717, 1.165) is 17.0 Å². The first kappa shape index (κ1) is 16.8. The fraction of sp³-hybridized carbons (Fsp3) is 0.0952. The maximum atomic E-state index is 12.8. The molecule has 4 aromatic rings. The molecule has 2 heterocycles. The van der Waals surface area contributed by atoms with Crippen molar-refractivity contribution in [3.05, 3.63) is 96.2 Å². The third kappa shape index (κ3) is 3.50. The number of nitrogens with zero attached hydrogens (tertiary/aromatic N) is 3. The van der Waals surface area contributed by atoms with Crippen LogP contribution >= 0.6 is 0 Å². The molecule has 4 rings (SSSR count). The molecule has 134 valence electrons. The molecule has 0 fully saturated rings. The molecule has 2 aromatic carbocycles. The van der Waals surface area contributed by atoms with E-state index in [2.05, 4.69) is 15.5 Å². The number of rotatable bonds is 5. The highest BCUT2D eigenvalue weighted by molar-refractivity contribution is 5.93. The summed E-state index contributed by atoms with van der Waals surface area (Å²) >= 11 is 0. The van der Waals surface area contributed by atoms with Crippen molar-refractivity contribution in [2.24, 2.45) is 7.05 Å². The molecular weight excluding hydrogens is 340 g/mol. The predicted molar refractivity (Wildman–Crippen MR) is 101 cm³/mol. The molecule has 2 aromatic heterocycles. The van der Waals surface area contributed by atoms with Crippen molar-refractivity contribution in [2.45, 2.75) is 6.04 Å². The van der Waals surface area contributed by atoms with E-state index in [-0.39, 0.29) is 11.6 Å². The van der Waals surface area contributed by atoms with Crippen LogP contribution in [0.4, 0.5) is 0 Å². The quantitative estimate of drug-likeness (QED) is 0.592. The van der Waals surface area contributed by atoms with Crippen molar-refractivity contribution >= 4 is 5.91 Å². The van der Waals surface area contributed by atoms with Crippen LogP contribution in [-0.2, 0) is 7.05 Å². The molecule has 0 aliphatic carbocycles. The Bertz CT molecular complexity index is 1040. The Morgan fingerprint density at radius 3 is 2.44 bits per heavy atom. The second kappa shape index (κ2) is 7.29. The molecule has 0 spiro atoms. The number of amides is 1. The van der Waals surface area contributed by atoms with Crippen molar-refractivity contribution in [3.63, 3.8) is 0 Å². The molecule has 27 heavy (non-hydrogen) atoms. The van der Waals surface area contributed by atoms with E-state index in [0.29, 0.717) is 5.76 Å². The number of aryl methyl sites for hydroxylation is 1. The number of benzene rings is 2. The normalized spacial score (nSPS) is 11.9. The van der Waals surface area contributed by atoms with Gasteiger partial charge in [-0.05, 0) is 5.56 Å². The Morgan fingerprint density at radius 1 is 1.07 bits per heavy atom. The molecule has 6 nitrogen and oxygen atoms in total. The largest absolute Gasteiger partial charge is 0.355 e. The summed E-state index contributed by atoms with van der Waals surface area (Å²) in [5.74, 6) is 0.966. The van der Waals surface area contributed by atoms with Gasteiger partial charge in [0.25, 0.3) is 5.91 Å². The van der Waals surface area contributed by atoms with Gasteiger partial charge >= 0.3 is 0 Å². The number of carbonyl (C=O) groups is 1. The second-order valence-corrected chi connectivity index (χ2v) is 6.16. The highest BCUT2D eigenvalue weighted by Gasteiger charge is 2.23. The van der Waals surface area contributed by atoms with Gasteiger partial charge in [0.2, 0.25) is 0 Å².